The van der Waals surface area contributed by atoms with Crippen molar-refractivity contribution >= 4 is 10.1 Å². The number of hydrogen-bond acceptors (Lipinski definition) is 2. The van der Waals surface area contributed by atoms with Gasteiger partial charge in [0.15, 0.2) is 0 Å². The second-order valence-corrected chi connectivity index (χ2v) is 4.40. The minimum absolute atomic E-state index is 0. The third-order valence-electron chi connectivity index (χ3n) is 1.92. The van der Waals surface area contributed by atoms with E-state index < -0.39 is 10.1 Å². The molecule has 5 heteroatoms. The van der Waals surface area contributed by atoms with Crippen LogP contribution in [0, 0.1) is 5.92 Å². The molecule has 0 bridgehead atoms. The predicted molar refractivity (Wildman–Crippen MR) is 39.5 cm³/mol. The second-order valence-electron chi connectivity index (χ2n) is 2.90. The zero-order chi connectivity index (χ0) is 7.61. The first-order valence-corrected chi connectivity index (χ1v) is 5.14. The van der Waals surface area contributed by atoms with Crippen molar-refractivity contribution < 1.29 is 44.0 Å². The molecule has 0 heterocycles. The molecule has 1 aliphatic rings. The first kappa shape index (κ1) is 11.9. The van der Waals surface area contributed by atoms with Gasteiger partial charge in [0.1, 0.15) is 0 Å². The molecule has 0 spiro atoms. The maximum absolute atomic E-state index is 10.3. The Balaban J connectivity index is 0. The third-order valence-corrected chi connectivity index (χ3v) is 2.81. The van der Waals surface area contributed by atoms with Gasteiger partial charge in [-0.1, -0.05) is 12.8 Å². The minimum Gasteiger partial charge on any atom is -1.00 e. The average molecular weight is 188 g/mol. The molecule has 0 amide bonds. The van der Waals surface area contributed by atoms with Crippen molar-refractivity contribution in [2.75, 3.05) is 5.75 Å². The van der Waals surface area contributed by atoms with Crippen LogP contribution in [0.15, 0.2) is 0 Å². The summed E-state index contributed by atoms with van der Waals surface area (Å²) in [6.07, 6.45) is 4.14. The summed E-state index contributed by atoms with van der Waals surface area (Å²) < 4.78 is 29.1. The summed E-state index contributed by atoms with van der Waals surface area (Å²) in [5, 5.41) is 0. The average Bonchev–Trinajstić information content (AvgIpc) is 2.12. The van der Waals surface area contributed by atoms with Gasteiger partial charge in [-0.15, -0.1) is 0 Å². The van der Waals surface area contributed by atoms with Crippen LogP contribution in [0.2, 0.25) is 0 Å². The molecule has 0 saturated heterocycles. The Morgan fingerprint density at radius 2 is 1.82 bits per heavy atom. The summed E-state index contributed by atoms with van der Waals surface area (Å²) >= 11 is 0. The molecule has 1 saturated carbocycles. The predicted octanol–water partition coefficient (Wildman–Crippen LogP) is -1.82. The first-order chi connectivity index (χ1) is 4.58. The molecule has 1 rings (SSSR count). The molecule has 0 unspecified atom stereocenters. The van der Waals surface area contributed by atoms with Gasteiger partial charge in [0.25, 0.3) is 10.1 Å². The summed E-state index contributed by atoms with van der Waals surface area (Å²) in [5.41, 5.74) is 0. The Morgan fingerprint density at radius 1 is 1.36 bits per heavy atom. The van der Waals surface area contributed by atoms with Gasteiger partial charge >= 0.3 is 29.6 Å². The van der Waals surface area contributed by atoms with Crippen LogP contribution in [0.3, 0.4) is 0 Å². The molecule has 11 heavy (non-hydrogen) atoms. The fourth-order valence-corrected chi connectivity index (χ4v) is 2.40. The smallest absolute Gasteiger partial charge is 1.00 e. The molecule has 0 atom stereocenters. The van der Waals surface area contributed by atoms with Crippen LogP contribution in [0.4, 0.5) is 0 Å². The van der Waals surface area contributed by atoms with Crippen LogP contribution < -0.4 is 29.6 Å². The van der Waals surface area contributed by atoms with Crippen LogP contribution in [0.5, 0.6) is 0 Å². The molecule has 1 N–H and O–H groups in total. The number of hydrogen-bond donors (Lipinski definition) is 1. The Labute approximate surface area is 91.1 Å². The van der Waals surface area contributed by atoms with Gasteiger partial charge in [-0.2, -0.15) is 8.42 Å². The molecule has 0 radical (unpaired) electrons. The van der Waals surface area contributed by atoms with E-state index in [1.807, 2.05) is 0 Å². The van der Waals surface area contributed by atoms with Gasteiger partial charge in [0, 0.05) is 0 Å². The Morgan fingerprint density at radius 3 is 2.18 bits per heavy atom. The van der Waals surface area contributed by atoms with E-state index in [9.17, 15) is 8.42 Å². The Bertz CT molecular complexity index is 199. The van der Waals surface area contributed by atoms with Crippen molar-refractivity contribution in [3.8, 4) is 0 Å². The zero-order valence-electron chi connectivity index (χ0n) is 7.78. The van der Waals surface area contributed by atoms with E-state index >= 15 is 0 Å². The quantitative estimate of drug-likeness (QED) is 0.410. The van der Waals surface area contributed by atoms with Gasteiger partial charge in [0.05, 0.1) is 5.75 Å². The van der Waals surface area contributed by atoms with E-state index in [0.717, 1.165) is 25.7 Å². The van der Waals surface area contributed by atoms with Crippen LogP contribution in [0.25, 0.3) is 0 Å². The van der Waals surface area contributed by atoms with Crippen molar-refractivity contribution in [3.63, 3.8) is 0 Å². The van der Waals surface area contributed by atoms with Crippen LogP contribution in [-0.4, -0.2) is 18.7 Å². The summed E-state index contributed by atoms with van der Waals surface area (Å²) in [4.78, 5) is 0. The summed E-state index contributed by atoms with van der Waals surface area (Å²) in [7, 11) is -3.71. The van der Waals surface area contributed by atoms with Gasteiger partial charge < -0.3 is 1.43 Å². The minimum atomic E-state index is -3.71. The molecular weight excluding hydrogens is 175 g/mol. The molecule has 1 aliphatic carbocycles. The van der Waals surface area contributed by atoms with Gasteiger partial charge in [-0.25, -0.2) is 0 Å². The molecule has 0 aliphatic heterocycles. The topological polar surface area (TPSA) is 54.4 Å². The molecular formula is C6H13NaO3S. The first-order valence-electron chi connectivity index (χ1n) is 3.53. The van der Waals surface area contributed by atoms with Crippen molar-refractivity contribution in [3.05, 3.63) is 0 Å². The summed E-state index contributed by atoms with van der Waals surface area (Å²) in [6.45, 7) is 0. The molecule has 0 aromatic rings. The van der Waals surface area contributed by atoms with Crippen molar-refractivity contribution in [1.82, 2.24) is 0 Å². The van der Waals surface area contributed by atoms with Crippen molar-refractivity contribution in [2.24, 2.45) is 5.92 Å². The second kappa shape index (κ2) is 4.82. The van der Waals surface area contributed by atoms with E-state index in [1.54, 1.807) is 0 Å². The van der Waals surface area contributed by atoms with Crippen LogP contribution in [-0.2, 0) is 10.1 Å². The van der Waals surface area contributed by atoms with Gasteiger partial charge in [-0.3, -0.25) is 4.55 Å². The van der Waals surface area contributed by atoms with Crippen molar-refractivity contribution in [1.29, 1.82) is 0 Å². The fourth-order valence-electron chi connectivity index (χ4n) is 1.47. The monoisotopic (exact) mass is 188 g/mol. The van der Waals surface area contributed by atoms with E-state index in [-0.39, 0.29) is 42.7 Å². The normalized spacial score (nSPS) is 19.7. The SMILES string of the molecule is O=S(=O)(O)CC1CCCC1.[H-].[Na+]. The van der Waals surface area contributed by atoms with Crippen molar-refractivity contribution in [2.45, 2.75) is 25.7 Å². The third kappa shape index (κ3) is 5.20. The molecule has 62 valence electrons. The molecule has 1 fully saturated rings. The number of rotatable bonds is 2. The van der Waals surface area contributed by atoms with E-state index in [2.05, 4.69) is 0 Å². The molecule has 3 nitrogen and oxygen atoms in total. The molecule has 0 aromatic carbocycles. The van der Waals surface area contributed by atoms with Gasteiger partial charge in [0.2, 0.25) is 0 Å². The van der Waals surface area contributed by atoms with Gasteiger partial charge in [-0.05, 0) is 18.8 Å². The Hall–Kier alpha value is 0.910. The zero-order valence-corrected chi connectivity index (χ0v) is 9.60. The van der Waals surface area contributed by atoms with Crippen LogP contribution in [0.1, 0.15) is 27.1 Å². The maximum atomic E-state index is 10.3. The van der Waals surface area contributed by atoms with E-state index in [1.165, 1.54) is 0 Å². The van der Waals surface area contributed by atoms with E-state index in [0.29, 0.717) is 0 Å². The van der Waals surface area contributed by atoms with Crippen LogP contribution >= 0.6 is 0 Å². The fraction of sp³-hybridized carbons (Fsp3) is 1.00. The maximum Gasteiger partial charge on any atom is 1.00 e. The standard InChI is InChI=1S/C6H12O3S.Na.H/c7-10(8,9)5-6-3-1-2-4-6;;/h6H,1-5H2,(H,7,8,9);;/q;+1;-1. The Kier molecular flexibility index (Phi) is 5.22. The summed E-state index contributed by atoms with van der Waals surface area (Å²) in [5.74, 6) is 0.183. The molecule has 0 aromatic heterocycles. The summed E-state index contributed by atoms with van der Waals surface area (Å²) in [6, 6.07) is 0. The van der Waals surface area contributed by atoms with E-state index in [4.69, 9.17) is 4.55 Å². The largest absolute Gasteiger partial charge is 1.00 e.